The average Bonchev–Trinajstić information content (AvgIpc) is 2.64. The van der Waals surface area contributed by atoms with E-state index in [4.69, 9.17) is 0 Å². The monoisotopic (exact) mass is 367 g/mol. The van der Waals surface area contributed by atoms with Crippen molar-refractivity contribution >= 4 is 0 Å². The summed E-state index contributed by atoms with van der Waals surface area (Å²) in [6.07, 6.45) is 16.8. The Bertz CT molecular complexity index is 297. The van der Waals surface area contributed by atoms with Gasteiger partial charge in [0.15, 0.2) is 0 Å². The summed E-state index contributed by atoms with van der Waals surface area (Å²) in [7, 11) is 0. The topological polar surface area (TPSA) is 12.0 Å². The van der Waals surface area contributed by atoms with E-state index in [9.17, 15) is 0 Å². The zero-order valence-corrected chi connectivity index (χ0v) is 20.0. The molecule has 0 radical (unpaired) electrons. The van der Waals surface area contributed by atoms with E-state index in [2.05, 4.69) is 52.1 Å². The van der Waals surface area contributed by atoms with Gasteiger partial charge in [-0.15, -0.1) is 0 Å². The molecule has 0 spiro atoms. The Hall–Kier alpha value is -0.560. The highest BCUT2D eigenvalue weighted by atomic mass is 14.8. The van der Waals surface area contributed by atoms with Crippen molar-refractivity contribution in [2.24, 2.45) is 5.92 Å². The van der Waals surface area contributed by atoms with Gasteiger partial charge in [0.1, 0.15) is 0 Å². The Morgan fingerprint density at radius 2 is 1.46 bits per heavy atom. The minimum atomic E-state index is 0.937. The lowest BCUT2D eigenvalue weighted by Gasteiger charge is -2.16. The molecule has 0 aliphatic carbocycles. The molecule has 1 nitrogen and oxygen atoms in total. The zero-order chi connectivity index (χ0) is 20.6. The molecule has 0 aliphatic rings. The van der Waals surface area contributed by atoms with Gasteiger partial charge in [-0.2, -0.15) is 0 Å². The zero-order valence-electron chi connectivity index (χ0n) is 20.0. The Labute approximate surface area is 168 Å². The maximum absolute atomic E-state index is 3.60. The molecule has 0 saturated heterocycles. The van der Waals surface area contributed by atoms with Gasteiger partial charge in [0.05, 0.1) is 0 Å². The van der Waals surface area contributed by atoms with Crippen LogP contribution in [0.3, 0.4) is 0 Å². The standard InChI is InChI=1S/C21H41N.2C2H6/c1-6-8-9-14-21(11-7-2)16-18-22-17-15-20(5)13-10-12-19(3)4;2*1-2/h12,15,21-22H,6-11,13-14,16-18H2,1-5H3;2*1-2H3/b20-15+;;. The van der Waals surface area contributed by atoms with Crippen molar-refractivity contribution in [3.8, 4) is 0 Å². The summed E-state index contributed by atoms with van der Waals surface area (Å²) >= 11 is 0. The highest BCUT2D eigenvalue weighted by Crippen LogP contribution is 2.18. The first-order chi connectivity index (χ1) is 12.6. The average molecular weight is 368 g/mol. The fourth-order valence-electron chi connectivity index (χ4n) is 2.87. The molecule has 1 N–H and O–H groups in total. The molecule has 0 aromatic carbocycles. The third kappa shape index (κ3) is 25.7. The first kappa shape index (κ1) is 30.2. The first-order valence-electron chi connectivity index (χ1n) is 11.6. The summed E-state index contributed by atoms with van der Waals surface area (Å²) in [6.45, 7) is 21.4. The van der Waals surface area contributed by atoms with Crippen LogP contribution in [0, 0.1) is 5.92 Å². The molecule has 0 amide bonds. The highest BCUT2D eigenvalue weighted by Gasteiger charge is 2.06. The van der Waals surface area contributed by atoms with Crippen molar-refractivity contribution in [1.82, 2.24) is 5.32 Å². The third-order valence-corrected chi connectivity index (χ3v) is 4.33. The predicted molar refractivity (Wildman–Crippen MR) is 125 cm³/mol. The summed E-state index contributed by atoms with van der Waals surface area (Å²) < 4.78 is 0. The Balaban J connectivity index is -0.00000123. The molecule has 0 bridgehead atoms. The summed E-state index contributed by atoms with van der Waals surface area (Å²) in [6, 6.07) is 0. The Morgan fingerprint density at radius 1 is 0.808 bits per heavy atom. The third-order valence-electron chi connectivity index (χ3n) is 4.33. The Morgan fingerprint density at radius 3 is 2.00 bits per heavy atom. The normalized spacial score (nSPS) is 11.7. The van der Waals surface area contributed by atoms with E-state index >= 15 is 0 Å². The summed E-state index contributed by atoms with van der Waals surface area (Å²) in [5.41, 5.74) is 2.94. The molecule has 0 saturated carbocycles. The van der Waals surface area contributed by atoms with Crippen molar-refractivity contribution in [3.63, 3.8) is 0 Å². The summed E-state index contributed by atoms with van der Waals surface area (Å²) in [5.74, 6) is 0.937. The van der Waals surface area contributed by atoms with Gasteiger partial charge >= 0.3 is 0 Å². The molecule has 158 valence electrons. The van der Waals surface area contributed by atoms with Crippen LogP contribution in [0.25, 0.3) is 0 Å². The van der Waals surface area contributed by atoms with E-state index in [1.165, 1.54) is 75.5 Å². The van der Waals surface area contributed by atoms with Crippen molar-refractivity contribution in [2.75, 3.05) is 13.1 Å². The van der Waals surface area contributed by atoms with Crippen LogP contribution in [0.1, 0.15) is 120 Å². The van der Waals surface area contributed by atoms with E-state index < -0.39 is 0 Å². The van der Waals surface area contributed by atoms with E-state index in [0.29, 0.717) is 0 Å². The molecule has 1 heteroatoms. The van der Waals surface area contributed by atoms with E-state index in [1.807, 2.05) is 27.7 Å². The van der Waals surface area contributed by atoms with Crippen molar-refractivity contribution < 1.29 is 0 Å². The van der Waals surface area contributed by atoms with Gasteiger partial charge in [-0.3, -0.25) is 0 Å². The van der Waals surface area contributed by atoms with Gasteiger partial charge in [0.2, 0.25) is 0 Å². The lowest BCUT2D eigenvalue weighted by molar-refractivity contribution is 0.391. The molecule has 0 rings (SSSR count). The fraction of sp³-hybridized carbons (Fsp3) is 0.840. The summed E-state index contributed by atoms with van der Waals surface area (Å²) in [4.78, 5) is 0. The fourth-order valence-corrected chi connectivity index (χ4v) is 2.87. The molecule has 0 fully saturated rings. The van der Waals surface area contributed by atoms with Gasteiger partial charge in [-0.1, -0.05) is 103 Å². The maximum Gasteiger partial charge on any atom is 0.0137 e. The van der Waals surface area contributed by atoms with Gasteiger partial charge in [0, 0.05) is 6.54 Å². The van der Waals surface area contributed by atoms with Crippen LogP contribution >= 0.6 is 0 Å². The Kier molecular flexibility index (Phi) is 31.0. The minimum Gasteiger partial charge on any atom is -0.313 e. The number of rotatable bonds is 14. The van der Waals surface area contributed by atoms with Crippen LogP contribution < -0.4 is 5.32 Å². The van der Waals surface area contributed by atoms with Crippen LogP contribution in [0.15, 0.2) is 23.3 Å². The number of hydrogen-bond donors (Lipinski definition) is 1. The molecule has 0 aromatic rings. The predicted octanol–water partition coefficient (Wildman–Crippen LogP) is 8.71. The SMILES string of the molecule is CC.CC.CCCCCC(CCC)CCNC/C=C(\C)CCC=C(C)C. The second-order valence-electron chi connectivity index (χ2n) is 7.01. The van der Waals surface area contributed by atoms with Crippen LogP contribution in [0.4, 0.5) is 0 Å². The number of allylic oxidation sites excluding steroid dienone is 3. The second kappa shape index (κ2) is 26.7. The quantitative estimate of drug-likeness (QED) is 0.239. The van der Waals surface area contributed by atoms with Crippen LogP contribution in [0.2, 0.25) is 0 Å². The minimum absolute atomic E-state index is 0.937. The van der Waals surface area contributed by atoms with Gasteiger partial charge in [-0.05, 0) is 52.5 Å². The molecular formula is C25H53N. The summed E-state index contributed by atoms with van der Waals surface area (Å²) in [5, 5.41) is 3.60. The molecular weight excluding hydrogens is 314 g/mol. The number of nitrogens with one attached hydrogen (secondary N) is 1. The van der Waals surface area contributed by atoms with E-state index in [-0.39, 0.29) is 0 Å². The molecule has 1 atom stereocenters. The van der Waals surface area contributed by atoms with Crippen LogP contribution in [-0.4, -0.2) is 13.1 Å². The van der Waals surface area contributed by atoms with E-state index in [0.717, 1.165) is 12.5 Å². The smallest absolute Gasteiger partial charge is 0.0137 e. The molecule has 26 heavy (non-hydrogen) atoms. The molecule has 1 unspecified atom stereocenters. The molecule has 0 aliphatic heterocycles. The number of hydrogen-bond acceptors (Lipinski definition) is 1. The van der Waals surface area contributed by atoms with Gasteiger partial charge in [-0.25, -0.2) is 0 Å². The van der Waals surface area contributed by atoms with Crippen LogP contribution in [-0.2, 0) is 0 Å². The lowest BCUT2D eigenvalue weighted by Crippen LogP contribution is -2.18. The van der Waals surface area contributed by atoms with Crippen LogP contribution in [0.5, 0.6) is 0 Å². The van der Waals surface area contributed by atoms with Gasteiger partial charge < -0.3 is 5.32 Å². The van der Waals surface area contributed by atoms with Crippen molar-refractivity contribution in [3.05, 3.63) is 23.3 Å². The maximum atomic E-state index is 3.60. The van der Waals surface area contributed by atoms with Crippen molar-refractivity contribution in [1.29, 1.82) is 0 Å². The number of unbranched alkanes of at least 4 members (excludes halogenated alkanes) is 2. The van der Waals surface area contributed by atoms with Gasteiger partial charge in [0.25, 0.3) is 0 Å². The first-order valence-corrected chi connectivity index (χ1v) is 11.6. The largest absolute Gasteiger partial charge is 0.313 e. The second-order valence-corrected chi connectivity index (χ2v) is 7.01. The lowest BCUT2D eigenvalue weighted by atomic mass is 9.93. The highest BCUT2D eigenvalue weighted by molar-refractivity contribution is 5.02. The molecule has 0 heterocycles. The molecule has 0 aromatic heterocycles. The van der Waals surface area contributed by atoms with E-state index in [1.54, 1.807) is 0 Å². The van der Waals surface area contributed by atoms with Crippen molar-refractivity contribution in [2.45, 2.75) is 120 Å².